The minimum Gasteiger partial charge on any atom is -0.497 e. The van der Waals surface area contributed by atoms with Crippen LogP contribution in [-0.2, 0) is 26.2 Å². The third kappa shape index (κ3) is 7.50. The number of aliphatic carboxylic acids is 2. The van der Waals surface area contributed by atoms with Crippen LogP contribution >= 0.6 is 0 Å². The number of rotatable bonds is 4. The van der Waals surface area contributed by atoms with Gasteiger partial charge in [-0.25, -0.2) is 18.0 Å². The number of piperazine rings is 1. The highest BCUT2D eigenvalue weighted by molar-refractivity contribution is 7.88. The van der Waals surface area contributed by atoms with Gasteiger partial charge in [-0.2, -0.15) is 4.31 Å². The first-order valence-corrected chi connectivity index (χ1v) is 9.25. The second kappa shape index (κ2) is 9.35. The zero-order valence-corrected chi connectivity index (χ0v) is 14.9. The molecule has 25 heavy (non-hydrogen) atoms. The highest BCUT2D eigenvalue weighted by Gasteiger charge is 2.23. The van der Waals surface area contributed by atoms with E-state index < -0.39 is 22.0 Å². The van der Waals surface area contributed by atoms with Crippen LogP contribution in [0.25, 0.3) is 0 Å². The average molecular weight is 374 g/mol. The van der Waals surface area contributed by atoms with Crippen LogP contribution in [-0.4, -0.2) is 79.3 Å². The summed E-state index contributed by atoms with van der Waals surface area (Å²) in [4.78, 5) is 20.5. The summed E-state index contributed by atoms with van der Waals surface area (Å²) in [7, 11) is -1.39. The van der Waals surface area contributed by atoms with Crippen molar-refractivity contribution >= 4 is 22.0 Å². The zero-order chi connectivity index (χ0) is 19.0. The number of carboxylic acids is 2. The Labute approximate surface area is 146 Å². The third-order valence-corrected chi connectivity index (χ3v) is 4.83. The average Bonchev–Trinajstić information content (AvgIpc) is 2.55. The predicted octanol–water partition coefficient (Wildman–Crippen LogP) is -0.0720. The van der Waals surface area contributed by atoms with E-state index in [-0.39, 0.29) is 0 Å². The van der Waals surface area contributed by atoms with Crippen molar-refractivity contribution in [1.82, 2.24) is 9.21 Å². The van der Waals surface area contributed by atoms with Crippen LogP contribution < -0.4 is 4.74 Å². The Hall–Kier alpha value is -2.17. The summed E-state index contributed by atoms with van der Waals surface area (Å²) in [5.41, 5.74) is 1.19. The number of hydrogen-bond donors (Lipinski definition) is 2. The molecule has 2 N–H and O–H groups in total. The fourth-order valence-corrected chi connectivity index (χ4v) is 3.07. The van der Waals surface area contributed by atoms with Gasteiger partial charge >= 0.3 is 11.9 Å². The van der Waals surface area contributed by atoms with Gasteiger partial charge in [-0.05, 0) is 17.7 Å². The normalized spacial score (nSPS) is 15.8. The summed E-state index contributed by atoms with van der Waals surface area (Å²) in [5, 5.41) is 14.8. The molecule has 0 bridgehead atoms. The maximum atomic E-state index is 11.4. The summed E-state index contributed by atoms with van der Waals surface area (Å²) in [5.74, 6) is -2.79. The monoisotopic (exact) mass is 374 g/mol. The van der Waals surface area contributed by atoms with Crippen molar-refractivity contribution in [2.24, 2.45) is 0 Å². The van der Waals surface area contributed by atoms with E-state index in [1.165, 1.54) is 16.1 Å². The molecule has 1 aliphatic rings. The summed E-state index contributed by atoms with van der Waals surface area (Å²) in [6.45, 7) is 3.51. The number of carbonyl (C=O) groups is 2. The number of methoxy groups -OCH3 is 1. The number of carboxylic acid groups (broad SMARTS) is 2. The van der Waals surface area contributed by atoms with Crippen LogP contribution in [0.3, 0.4) is 0 Å². The van der Waals surface area contributed by atoms with Gasteiger partial charge in [-0.1, -0.05) is 12.1 Å². The minimum atomic E-state index is -3.05. The lowest BCUT2D eigenvalue weighted by Crippen LogP contribution is -2.47. The highest BCUT2D eigenvalue weighted by atomic mass is 32.2. The molecular formula is C15H22N2O7S. The molecular weight excluding hydrogens is 352 g/mol. The van der Waals surface area contributed by atoms with Gasteiger partial charge in [0.25, 0.3) is 0 Å². The molecule has 10 heteroatoms. The van der Waals surface area contributed by atoms with Gasteiger partial charge < -0.3 is 14.9 Å². The molecule has 1 aromatic carbocycles. The molecule has 0 saturated carbocycles. The first-order chi connectivity index (χ1) is 11.6. The van der Waals surface area contributed by atoms with E-state index in [9.17, 15) is 8.42 Å². The molecule has 0 aliphatic carbocycles. The number of benzene rings is 1. The van der Waals surface area contributed by atoms with Gasteiger partial charge in [0.1, 0.15) is 5.75 Å². The molecule has 1 fully saturated rings. The second-order valence-corrected chi connectivity index (χ2v) is 7.38. The van der Waals surface area contributed by atoms with Crippen molar-refractivity contribution in [2.75, 3.05) is 39.5 Å². The van der Waals surface area contributed by atoms with Crippen molar-refractivity contribution in [3.8, 4) is 5.75 Å². The van der Waals surface area contributed by atoms with E-state index in [1.54, 1.807) is 7.11 Å². The van der Waals surface area contributed by atoms with Gasteiger partial charge in [-0.3, -0.25) is 4.90 Å². The molecule has 0 spiro atoms. The van der Waals surface area contributed by atoms with Crippen molar-refractivity contribution < 1.29 is 33.0 Å². The van der Waals surface area contributed by atoms with Gasteiger partial charge in [0.05, 0.1) is 13.4 Å². The minimum absolute atomic E-state index is 0.572. The lowest BCUT2D eigenvalue weighted by atomic mass is 10.2. The SMILES string of the molecule is COc1cccc(CN2CCN(S(C)(=O)=O)CC2)c1.O=C(O)C(=O)O. The molecule has 1 saturated heterocycles. The Bertz CT molecular complexity index is 686. The van der Waals surface area contributed by atoms with Crippen LogP contribution in [0.2, 0.25) is 0 Å². The quantitative estimate of drug-likeness (QED) is 0.702. The molecule has 0 radical (unpaired) electrons. The van der Waals surface area contributed by atoms with Gasteiger partial charge in [0.15, 0.2) is 0 Å². The summed E-state index contributed by atoms with van der Waals surface area (Å²) >= 11 is 0. The summed E-state index contributed by atoms with van der Waals surface area (Å²) < 4.78 is 29.6. The predicted molar refractivity (Wildman–Crippen MR) is 90.0 cm³/mol. The van der Waals surface area contributed by atoms with Crippen molar-refractivity contribution in [3.63, 3.8) is 0 Å². The van der Waals surface area contributed by atoms with Crippen LogP contribution in [0.5, 0.6) is 5.75 Å². The molecule has 1 aliphatic heterocycles. The molecule has 2 rings (SSSR count). The molecule has 1 aromatic rings. The van der Waals surface area contributed by atoms with E-state index >= 15 is 0 Å². The number of sulfonamides is 1. The zero-order valence-electron chi connectivity index (χ0n) is 14.1. The fraction of sp³-hybridized carbons (Fsp3) is 0.467. The Morgan fingerprint density at radius 1 is 1.12 bits per heavy atom. The molecule has 9 nitrogen and oxygen atoms in total. The van der Waals surface area contributed by atoms with E-state index in [1.807, 2.05) is 18.2 Å². The molecule has 0 aromatic heterocycles. The van der Waals surface area contributed by atoms with Crippen molar-refractivity contribution in [1.29, 1.82) is 0 Å². The molecule has 0 unspecified atom stereocenters. The largest absolute Gasteiger partial charge is 0.497 e. The lowest BCUT2D eigenvalue weighted by molar-refractivity contribution is -0.159. The first kappa shape index (κ1) is 20.9. The van der Waals surface area contributed by atoms with Crippen molar-refractivity contribution in [2.45, 2.75) is 6.54 Å². The van der Waals surface area contributed by atoms with E-state index in [2.05, 4.69) is 11.0 Å². The standard InChI is InChI=1S/C13H20N2O3S.C2H2O4/c1-18-13-5-3-4-12(10-13)11-14-6-8-15(9-7-14)19(2,16)17;3-1(4)2(5)6/h3-5,10H,6-9,11H2,1-2H3;(H,3,4)(H,5,6). The van der Waals surface area contributed by atoms with Gasteiger partial charge in [-0.15, -0.1) is 0 Å². The number of hydrogen-bond acceptors (Lipinski definition) is 6. The van der Waals surface area contributed by atoms with Crippen LogP contribution in [0.15, 0.2) is 24.3 Å². The van der Waals surface area contributed by atoms with E-state index in [0.717, 1.165) is 25.4 Å². The molecule has 0 atom stereocenters. The number of nitrogens with zero attached hydrogens (tertiary/aromatic N) is 2. The molecule has 1 heterocycles. The van der Waals surface area contributed by atoms with Crippen molar-refractivity contribution in [3.05, 3.63) is 29.8 Å². The van der Waals surface area contributed by atoms with E-state index in [0.29, 0.717) is 13.1 Å². The van der Waals surface area contributed by atoms with E-state index in [4.69, 9.17) is 24.5 Å². The summed E-state index contributed by atoms with van der Waals surface area (Å²) in [6.07, 6.45) is 1.27. The Kier molecular flexibility index (Phi) is 7.81. The van der Waals surface area contributed by atoms with Gasteiger partial charge in [0.2, 0.25) is 10.0 Å². The van der Waals surface area contributed by atoms with Crippen LogP contribution in [0.1, 0.15) is 5.56 Å². The Morgan fingerprint density at radius 3 is 2.12 bits per heavy atom. The molecule has 0 amide bonds. The Balaban J connectivity index is 0.000000450. The second-order valence-electron chi connectivity index (χ2n) is 5.40. The van der Waals surface area contributed by atoms with Gasteiger partial charge in [0, 0.05) is 32.7 Å². The summed E-state index contributed by atoms with van der Waals surface area (Å²) in [6, 6.07) is 7.97. The first-order valence-electron chi connectivity index (χ1n) is 7.40. The maximum Gasteiger partial charge on any atom is 0.414 e. The lowest BCUT2D eigenvalue weighted by Gasteiger charge is -2.33. The number of ether oxygens (including phenoxy) is 1. The fourth-order valence-electron chi connectivity index (χ4n) is 2.25. The molecule has 140 valence electrons. The van der Waals surface area contributed by atoms with Crippen LogP contribution in [0, 0.1) is 0 Å². The Morgan fingerprint density at radius 2 is 1.68 bits per heavy atom. The highest BCUT2D eigenvalue weighted by Crippen LogP contribution is 2.15. The van der Waals surface area contributed by atoms with Crippen LogP contribution in [0.4, 0.5) is 0 Å². The maximum absolute atomic E-state index is 11.4. The third-order valence-electron chi connectivity index (χ3n) is 3.52. The topological polar surface area (TPSA) is 124 Å². The smallest absolute Gasteiger partial charge is 0.414 e.